The van der Waals surface area contributed by atoms with Gasteiger partial charge in [0.1, 0.15) is 0 Å². The van der Waals surface area contributed by atoms with E-state index in [1.807, 2.05) is 0 Å². The van der Waals surface area contributed by atoms with Crippen molar-refractivity contribution >= 4 is 12.0 Å². The molecule has 0 saturated carbocycles. The fourth-order valence-corrected chi connectivity index (χ4v) is 0. The summed E-state index contributed by atoms with van der Waals surface area (Å²) in [5.41, 5.74) is 0. The predicted octanol–water partition coefficient (Wildman–Crippen LogP) is -0.00813. The van der Waals surface area contributed by atoms with Crippen LogP contribution in [0.4, 0.5) is 0 Å². The molecule has 0 amide bonds. The summed E-state index contributed by atoms with van der Waals surface area (Å²) in [5.74, 6) is -0.833. The lowest BCUT2D eigenvalue weighted by molar-refractivity contribution is -0.134. The summed E-state index contributed by atoms with van der Waals surface area (Å²) in [6.07, 6.45) is 0.750. The third-order valence-electron chi connectivity index (χ3n) is 0. The summed E-state index contributed by atoms with van der Waals surface area (Å²) in [5, 5.41) is 12.8. The molecule has 0 spiro atoms. The molecule has 0 bridgehead atoms. The van der Waals surface area contributed by atoms with Gasteiger partial charge < -0.3 is 5.11 Å². The molecule has 0 atom stereocenters. The Bertz CT molecular complexity index is 78.2. The molecule has 0 aromatic carbocycles. The summed E-state index contributed by atoms with van der Waals surface area (Å²) < 4.78 is 0. The van der Waals surface area contributed by atoms with Crippen molar-refractivity contribution in [1.29, 1.82) is 5.41 Å². The molecular formula is C3H5NO3. The van der Waals surface area contributed by atoms with Crippen molar-refractivity contribution in [2.24, 2.45) is 0 Å². The molecule has 0 heterocycles. The normalized spacial score (nSPS) is 4.71. The van der Waals surface area contributed by atoms with Crippen LogP contribution in [0, 0.1) is 5.41 Å². The van der Waals surface area contributed by atoms with E-state index in [4.69, 9.17) is 20.1 Å². The van der Waals surface area contributed by atoms with Gasteiger partial charge in [0.2, 0.25) is 6.08 Å². The van der Waals surface area contributed by atoms with Crippen molar-refractivity contribution in [2.45, 2.75) is 6.92 Å². The molecule has 0 fully saturated rings. The van der Waals surface area contributed by atoms with Gasteiger partial charge in [-0.15, -0.1) is 0 Å². The van der Waals surface area contributed by atoms with Gasteiger partial charge in [0, 0.05) is 6.92 Å². The number of carbonyl (C=O) groups is 1. The van der Waals surface area contributed by atoms with Crippen LogP contribution in [0.5, 0.6) is 0 Å². The van der Waals surface area contributed by atoms with Gasteiger partial charge in [-0.3, -0.25) is 4.79 Å². The summed E-state index contributed by atoms with van der Waals surface area (Å²) in [6.45, 7) is 1.08. The number of nitrogens with one attached hydrogen (secondary N) is 1. The van der Waals surface area contributed by atoms with E-state index in [1.54, 1.807) is 0 Å². The van der Waals surface area contributed by atoms with Gasteiger partial charge >= 0.3 is 0 Å². The number of isocyanates is 1. The molecule has 40 valence electrons. The first kappa shape index (κ1) is 9.28. The van der Waals surface area contributed by atoms with Gasteiger partial charge in [0.15, 0.2) is 0 Å². The molecule has 0 aliphatic heterocycles. The molecule has 0 unspecified atom stereocenters. The quantitative estimate of drug-likeness (QED) is 0.334. The van der Waals surface area contributed by atoms with Crippen LogP contribution in [-0.2, 0) is 9.59 Å². The first-order chi connectivity index (χ1) is 3.15. The molecule has 0 saturated heterocycles. The molecule has 0 rings (SSSR count). The van der Waals surface area contributed by atoms with E-state index in [-0.39, 0.29) is 0 Å². The third-order valence-corrected chi connectivity index (χ3v) is 0. The molecule has 0 aliphatic carbocycles. The minimum Gasteiger partial charge on any atom is -0.481 e. The standard InChI is InChI=1S/C2H4O2.CHNO/c1-2(3)4;2-1-3/h1H3,(H,3,4);2H. The highest BCUT2D eigenvalue weighted by Gasteiger charge is 1.65. The average molecular weight is 103 g/mol. The second kappa shape index (κ2) is 8.85. The van der Waals surface area contributed by atoms with Gasteiger partial charge in [-0.05, 0) is 0 Å². The Morgan fingerprint density at radius 2 is 1.86 bits per heavy atom. The lowest BCUT2D eigenvalue weighted by Gasteiger charge is -1.59. The maximum Gasteiger partial charge on any atom is 0.300 e. The highest BCUT2D eigenvalue weighted by Crippen LogP contribution is 1.42. The largest absolute Gasteiger partial charge is 0.481 e. The Labute approximate surface area is 40.3 Å². The molecule has 7 heavy (non-hydrogen) atoms. The maximum atomic E-state index is 9.00. The van der Waals surface area contributed by atoms with Crippen molar-refractivity contribution < 1.29 is 14.7 Å². The zero-order chi connectivity index (χ0) is 6.28. The number of hydrogen-bond acceptors (Lipinski definition) is 3. The van der Waals surface area contributed by atoms with Gasteiger partial charge in [-0.25, -0.2) is 10.2 Å². The van der Waals surface area contributed by atoms with E-state index < -0.39 is 5.97 Å². The van der Waals surface area contributed by atoms with Gasteiger partial charge in [0.25, 0.3) is 5.97 Å². The van der Waals surface area contributed by atoms with Gasteiger partial charge in [-0.1, -0.05) is 0 Å². The van der Waals surface area contributed by atoms with Crippen LogP contribution in [0.15, 0.2) is 0 Å². The van der Waals surface area contributed by atoms with Crippen molar-refractivity contribution in [2.75, 3.05) is 0 Å². The molecule has 4 heteroatoms. The van der Waals surface area contributed by atoms with Crippen LogP contribution in [0.2, 0.25) is 0 Å². The molecular weight excluding hydrogens is 98.0 g/mol. The highest BCUT2D eigenvalue weighted by molar-refractivity contribution is 5.62. The first-order valence-corrected chi connectivity index (χ1v) is 1.38. The minimum atomic E-state index is -0.833. The summed E-state index contributed by atoms with van der Waals surface area (Å²) >= 11 is 0. The lowest BCUT2D eigenvalue weighted by Crippen LogP contribution is -1.78. The van der Waals surface area contributed by atoms with Gasteiger partial charge in [-0.2, -0.15) is 0 Å². The van der Waals surface area contributed by atoms with E-state index in [0.29, 0.717) is 0 Å². The topological polar surface area (TPSA) is 78.2 Å². The number of carboxylic acid groups (broad SMARTS) is 1. The number of aliphatic carboxylic acids is 1. The van der Waals surface area contributed by atoms with E-state index in [2.05, 4.69) is 0 Å². The smallest absolute Gasteiger partial charge is 0.300 e. The van der Waals surface area contributed by atoms with Gasteiger partial charge in [0.05, 0.1) is 0 Å². The summed E-state index contributed by atoms with van der Waals surface area (Å²) in [7, 11) is 0. The number of carboxylic acids is 1. The number of rotatable bonds is 0. The molecule has 0 radical (unpaired) electrons. The van der Waals surface area contributed by atoms with Crippen molar-refractivity contribution in [3.63, 3.8) is 0 Å². The minimum absolute atomic E-state index is 0.750. The Morgan fingerprint density at radius 1 is 1.86 bits per heavy atom. The molecule has 0 aromatic rings. The van der Waals surface area contributed by atoms with Crippen molar-refractivity contribution in [3.8, 4) is 0 Å². The van der Waals surface area contributed by atoms with E-state index in [0.717, 1.165) is 13.0 Å². The zero-order valence-corrected chi connectivity index (χ0v) is 3.76. The second-order valence-electron chi connectivity index (χ2n) is 0.621. The van der Waals surface area contributed by atoms with Crippen LogP contribution >= 0.6 is 0 Å². The first-order valence-electron chi connectivity index (χ1n) is 1.38. The van der Waals surface area contributed by atoms with Crippen LogP contribution in [0.3, 0.4) is 0 Å². The van der Waals surface area contributed by atoms with Crippen LogP contribution < -0.4 is 0 Å². The van der Waals surface area contributed by atoms with Crippen LogP contribution in [0.1, 0.15) is 6.92 Å². The summed E-state index contributed by atoms with van der Waals surface area (Å²) in [4.78, 5) is 17.3. The predicted molar refractivity (Wildman–Crippen MR) is 21.7 cm³/mol. The molecule has 4 nitrogen and oxygen atoms in total. The Hall–Kier alpha value is -1.15. The highest BCUT2D eigenvalue weighted by atomic mass is 16.4. The van der Waals surface area contributed by atoms with Crippen molar-refractivity contribution in [1.82, 2.24) is 0 Å². The van der Waals surface area contributed by atoms with Crippen LogP contribution in [0.25, 0.3) is 0 Å². The van der Waals surface area contributed by atoms with E-state index in [9.17, 15) is 0 Å². The number of carbonyl (C=O) groups excluding carboxylic acids is 1. The molecule has 0 aromatic heterocycles. The van der Waals surface area contributed by atoms with E-state index in [1.165, 1.54) is 0 Å². The Kier molecular flexibility index (Phi) is 11.7. The Balaban J connectivity index is 0. The molecule has 0 aliphatic rings. The molecule has 2 N–H and O–H groups in total. The van der Waals surface area contributed by atoms with Crippen LogP contribution in [-0.4, -0.2) is 17.2 Å². The summed E-state index contributed by atoms with van der Waals surface area (Å²) in [6, 6.07) is 0. The number of hydrogen-bond donors (Lipinski definition) is 2. The SMILES string of the molecule is CC(=O)O.N=C=O. The average Bonchev–Trinajstić information content (AvgIpc) is 1.33. The second-order valence-corrected chi connectivity index (χ2v) is 0.621. The zero-order valence-electron chi connectivity index (χ0n) is 3.76. The lowest BCUT2D eigenvalue weighted by atomic mass is 10.9. The monoisotopic (exact) mass is 103 g/mol. The fourth-order valence-electron chi connectivity index (χ4n) is 0. The Morgan fingerprint density at radius 3 is 1.86 bits per heavy atom. The third kappa shape index (κ3) is 29.8. The van der Waals surface area contributed by atoms with E-state index >= 15 is 0 Å². The maximum absolute atomic E-state index is 9.00. The fraction of sp³-hybridized carbons (Fsp3) is 0.333. The van der Waals surface area contributed by atoms with Crippen molar-refractivity contribution in [3.05, 3.63) is 0 Å².